The van der Waals surface area contributed by atoms with Gasteiger partial charge in [-0.1, -0.05) is 48.2 Å². The van der Waals surface area contributed by atoms with Crippen molar-refractivity contribution in [2.45, 2.75) is 6.10 Å². The van der Waals surface area contributed by atoms with Crippen LogP contribution in [0.2, 0.25) is 0 Å². The van der Waals surface area contributed by atoms with Crippen LogP contribution in [0.15, 0.2) is 60.8 Å². The van der Waals surface area contributed by atoms with E-state index >= 15 is 0 Å². The lowest BCUT2D eigenvalue weighted by atomic mass is 10.0. The molecule has 1 atom stereocenters. The van der Waals surface area contributed by atoms with Crippen LogP contribution in [0.25, 0.3) is 16.8 Å². The van der Waals surface area contributed by atoms with Crippen molar-refractivity contribution in [3.8, 4) is 17.6 Å². The van der Waals surface area contributed by atoms with Crippen molar-refractivity contribution in [1.29, 1.82) is 0 Å². The van der Waals surface area contributed by atoms with Gasteiger partial charge in [-0.15, -0.1) is 0 Å². The van der Waals surface area contributed by atoms with E-state index in [9.17, 15) is 0 Å². The molecule has 0 N–H and O–H groups in total. The molecule has 0 amide bonds. The zero-order valence-electron chi connectivity index (χ0n) is 15.7. The van der Waals surface area contributed by atoms with Crippen molar-refractivity contribution in [1.82, 2.24) is 4.98 Å². The fourth-order valence-corrected chi connectivity index (χ4v) is 3.04. The molecule has 1 aliphatic rings. The highest BCUT2D eigenvalue weighted by molar-refractivity contribution is 5.82. The van der Waals surface area contributed by atoms with Gasteiger partial charge < -0.3 is 14.2 Å². The van der Waals surface area contributed by atoms with Gasteiger partial charge in [0.15, 0.2) is 6.10 Å². The van der Waals surface area contributed by atoms with E-state index in [1.54, 1.807) is 7.11 Å². The summed E-state index contributed by atoms with van der Waals surface area (Å²) in [7, 11) is 1.65. The van der Waals surface area contributed by atoms with Crippen LogP contribution in [-0.2, 0) is 9.47 Å². The van der Waals surface area contributed by atoms with Crippen molar-refractivity contribution in [2.75, 3.05) is 26.9 Å². The van der Waals surface area contributed by atoms with Crippen LogP contribution in [0.4, 0.5) is 0 Å². The Morgan fingerprint density at radius 1 is 1.07 bits per heavy atom. The molecule has 1 unspecified atom stereocenters. The molecule has 2 aromatic carbocycles. The predicted molar refractivity (Wildman–Crippen MR) is 110 cm³/mol. The highest BCUT2D eigenvalue weighted by atomic mass is 16.5. The summed E-state index contributed by atoms with van der Waals surface area (Å²) in [4.78, 5) is 4.58. The molecule has 0 fully saturated rings. The van der Waals surface area contributed by atoms with Crippen molar-refractivity contribution in [2.24, 2.45) is 0 Å². The molecule has 3 aromatic rings. The number of nitrogens with zero attached hydrogens (tertiary/aromatic N) is 1. The maximum atomic E-state index is 6.20. The van der Waals surface area contributed by atoms with E-state index in [-0.39, 0.29) is 6.10 Å². The fourth-order valence-electron chi connectivity index (χ4n) is 3.04. The number of methoxy groups -OCH3 is 1. The van der Waals surface area contributed by atoms with Crippen LogP contribution in [-0.4, -0.2) is 31.9 Å². The Hall–Kier alpha value is -3.13. The van der Waals surface area contributed by atoms with Gasteiger partial charge in [-0.25, -0.2) is 0 Å². The minimum Gasteiger partial charge on any atom is -0.479 e. The number of fused-ring (bicyclic) bond motifs is 2. The molecule has 0 radical (unpaired) electrons. The summed E-state index contributed by atoms with van der Waals surface area (Å²) in [5.41, 5.74) is 2.83. The molecule has 0 saturated carbocycles. The number of hydrogen-bond acceptors (Lipinski definition) is 4. The number of aromatic nitrogens is 1. The predicted octanol–water partition coefficient (Wildman–Crippen LogP) is 4.40. The first-order chi connectivity index (χ1) is 13.8. The zero-order valence-corrected chi connectivity index (χ0v) is 15.7. The molecule has 28 heavy (non-hydrogen) atoms. The Labute approximate surface area is 164 Å². The van der Waals surface area contributed by atoms with E-state index in [0.29, 0.717) is 19.8 Å². The summed E-state index contributed by atoms with van der Waals surface area (Å²) in [6.07, 6.45) is 5.79. The van der Waals surface area contributed by atoms with Gasteiger partial charge >= 0.3 is 0 Å². The second-order valence-electron chi connectivity index (χ2n) is 6.45. The Balaban J connectivity index is 1.48. The largest absolute Gasteiger partial charge is 0.479 e. The summed E-state index contributed by atoms with van der Waals surface area (Å²) < 4.78 is 16.5. The molecular weight excluding hydrogens is 350 g/mol. The first kappa shape index (κ1) is 18.2. The van der Waals surface area contributed by atoms with Crippen LogP contribution >= 0.6 is 0 Å². The first-order valence-electron chi connectivity index (χ1n) is 9.22. The van der Waals surface area contributed by atoms with E-state index in [1.807, 2.05) is 42.6 Å². The van der Waals surface area contributed by atoms with Crippen molar-refractivity contribution < 1.29 is 14.2 Å². The highest BCUT2D eigenvalue weighted by Gasteiger charge is 2.18. The van der Waals surface area contributed by atoms with Crippen LogP contribution in [0.1, 0.15) is 22.9 Å². The lowest BCUT2D eigenvalue weighted by Crippen LogP contribution is -2.10. The quantitative estimate of drug-likeness (QED) is 0.492. The average Bonchev–Trinajstić information content (AvgIpc) is 2.75. The van der Waals surface area contributed by atoms with Crippen LogP contribution in [0, 0.1) is 11.8 Å². The highest BCUT2D eigenvalue weighted by Crippen LogP contribution is 2.33. The second-order valence-corrected chi connectivity index (χ2v) is 6.45. The molecule has 4 heteroatoms. The monoisotopic (exact) mass is 371 g/mol. The van der Waals surface area contributed by atoms with Gasteiger partial charge in [0.2, 0.25) is 0 Å². The summed E-state index contributed by atoms with van der Waals surface area (Å²) in [6, 6.07) is 16.2. The topological polar surface area (TPSA) is 40.6 Å². The Morgan fingerprint density at radius 3 is 2.86 bits per heavy atom. The molecule has 0 saturated heterocycles. The van der Waals surface area contributed by atoms with Gasteiger partial charge in [0.1, 0.15) is 12.4 Å². The molecule has 4 rings (SSSR count). The Morgan fingerprint density at radius 2 is 1.96 bits per heavy atom. The number of pyridine rings is 1. The Bertz CT molecular complexity index is 1060. The van der Waals surface area contributed by atoms with Gasteiger partial charge in [-0.3, -0.25) is 4.98 Å². The van der Waals surface area contributed by atoms with Gasteiger partial charge in [0.05, 0.1) is 18.9 Å². The normalized spacial score (nSPS) is 14.8. The Kier molecular flexibility index (Phi) is 5.67. The van der Waals surface area contributed by atoms with Crippen molar-refractivity contribution in [3.05, 3.63) is 77.6 Å². The molecule has 0 aliphatic carbocycles. The summed E-state index contributed by atoms with van der Waals surface area (Å²) >= 11 is 0. The zero-order chi connectivity index (χ0) is 19.2. The van der Waals surface area contributed by atoms with Crippen LogP contribution in [0.3, 0.4) is 0 Å². The SMILES string of the molecule is COCCOCC#Cc1ccc2c(c1)OC(c1cc3ccccc3cn1)C=C2. The smallest absolute Gasteiger partial charge is 0.159 e. The maximum absolute atomic E-state index is 6.20. The molecule has 140 valence electrons. The number of ether oxygens (including phenoxy) is 3. The number of rotatable bonds is 5. The van der Waals surface area contributed by atoms with E-state index < -0.39 is 0 Å². The first-order valence-corrected chi connectivity index (χ1v) is 9.22. The molecule has 1 aliphatic heterocycles. The fraction of sp³-hybridized carbons (Fsp3) is 0.208. The summed E-state index contributed by atoms with van der Waals surface area (Å²) in [5.74, 6) is 6.95. The van der Waals surface area contributed by atoms with Crippen molar-refractivity contribution in [3.63, 3.8) is 0 Å². The van der Waals surface area contributed by atoms with E-state index in [0.717, 1.165) is 33.3 Å². The minimum absolute atomic E-state index is 0.210. The third-order valence-electron chi connectivity index (χ3n) is 4.50. The molecule has 2 heterocycles. The molecular formula is C24H21NO3. The maximum Gasteiger partial charge on any atom is 0.159 e. The third-order valence-corrected chi connectivity index (χ3v) is 4.50. The molecule has 1 aromatic heterocycles. The second kappa shape index (κ2) is 8.71. The minimum atomic E-state index is -0.210. The summed E-state index contributed by atoms with van der Waals surface area (Å²) in [5, 5.41) is 2.28. The molecule has 0 bridgehead atoms. The number of hydrogen-bond donors (Lipinski definition) is 0. The van der Waals surface area contributed by atoms with E-state index in [4.69, 9.17) is 14.2 Å². The van der Waals surface area contributed by atoms with E-state index in [2.05, 4.69) is 41.1 Å². The molecule has 4 nitrogen and oxygen atoms in total. The van der Waals surface area contributed by atoms with Crippen molar-refractivity contribution >= 4 is 16.8 Å². The lowest BCUT2D eigenvalue weighted by Gasteiger charge is -2.21. The standard InChI is InChI=1S/C24H21NO3/c1-26-13-14-27-12-4-5-18-8-9-19-10-11-23(28-24(19)15-18)22-16-20-6-2-3-7-21(20)17-25-22/h2-3,6-11,15-17,23H,12-14H2,1H3. The van der Waals surface area contributed by atoms with Gasteiger partial charge in [-0.05, 0) is 29.7 Å². The number of benzene rings is 2. The van der Waals surface area contributed by atoms with Crippen LogP contribution in [0.5, 0.6) is 5.75 Å². The van der Waals surface area contributed by atoms with E-state index in [1.165, 1.54) is 0 Å². The van der Waals surface area contributed by atoms with Gasteiger partial charge in [-0.2, -0.15) is 0 Å². The lowest BCUT2D eigenvalue weighted by molar-refractivity contribution is 0.0877. The summed E-state index contributed by atoms with van der Waals surface area (Å²) in [6.45, 7) is 1.50. The van der Waals surface area contributed by atoms with Gasteiger partial charge in [0, 0.05) is 29.8 Å². The molecule has 0 spiro atoms. The van der Waals surface area contributed by atoms with Crippen LogP contribution < -0.4 is 4.74 Å². The van der Waals surface area contributed by atoms with Gasteiger partial charge in [0.25, 0.3) is 0 Å². The average molecular weight is 371 g/mol. The third kappa shape index (κ3) is 4.23.